The molecule has 1 unspecified atom stereocenters. The Balaban J connectivity index is 3.65. The maximum Gasteiger partial charge on any atom is 0.573 e. The highest BCUT2D eigenvalue weighted by Gasteiger charge is 2.35. The molecule has 0 aliphatic heterocycles. The van der Waals surface area contributed by atoms with Gasteiger partial charge in [-0.1, -0.05) is 18.3 Å². The number of nitriles is 1. The predicted octanol–water partition coefficient (Wildman–Crippen LogP) is 0.793. The molecule has 10 nitrogen and oxygen atoms in total. The smallest absolute Gasteiger partial charge is 0.504 e. The quantitative estimate of drug-likeness (QED) is 0.311. The summed E-state index contributed by atoms with van der Waals surface area (Å²) in [6.07, 6.45) is -4.49. The first-order valence-electron chi connectivity index (χ1n) is 8.21. The molecular formula is C16H17F3N4O6S2. The van der Waals surface area contributed by atoms with Crippen molar-refractivity contribution in [1.82, 2.24) is 10.6 Å². The minimum Gasteiger partial charge on any atom is -0.504 e. The lowest BCUT2D eigenvalue weighted by Crippen LogP contribution is -2.37. The molecule has 15 heteroatoms. The fraction of sp³-hybridized carbons (Fsp3) is 0.375. The fourth-order valence-electron chi connectivity index (χ4n) is 2.47. The normalized spacial score (nSPS) is 12.4. The van der Waals surface area contributed by atoms with Gasteiger partial charge < -0.3 is 20.9 Å². The molecule has 0 aromatic heterocycles. The molecule has 0 spiro atoms. The van der Waals surface area contributed by atoms with Crippen LogP contribution in [0.3, 0.4) is 0 Å². The highest BCUT2D eigenvalue weighted by atomic mass is 32.2. The molecule has 5 N–H and O–H groups in total. The highest BCUT2D eigenvalue weighted by Crippen LogP contribution is 2.39. The minimum absolute atomic E-state index is 0.102. The van der Waals surface area contributed by atoms with Gasteiger partial charge in [0, 0.05) is 12.8 Å². The molecule has 0 aliphatic carbocycles. The molecule has 1 rings (SSSR count). The minimum atomic E-state index is -5.20. The standard InChI is InChI=1S/C16H17F3N4O6S2/c1-31(27,28)7-9(13(25)22-6-2-5-20)8-3-4-10(29-16(17,18)19)12(24)11(8)14(30)23-15(21)26/h3-4,9,24H,2,6-7H2,1H3,(H,22,25)(H3,21,23,26,30). The van der Waals surface area contributed by atoms with E-state index in [1.807, 2.05) is 5.32 Å². The molecule has 1 atom stereocenters. The first-order chi connectivity index (χ1) is 14.2. The van der Waals surface area contributed by atoms with E-state index < -0.39 is 61.9 Å². The number of hydrogen-bond acceptors (Lipinski definition) is 8. The van der Waals surface area contributed by atoms with Crippen molar-refractivity contribution in [3.63, 3.8) is 0 Å². The van der Waals surface area contributed by atoms with Gasteiger partial charge in [0.05, 0.1) is 29.7 Å². The fourth-order valence-corrected chi connectivity index (χ4v) is 3.72. The molecule has 0 saturated carbocycles. The molecule has 1 aromatic rings. The number of phenolic OH excluding ortho intramolecular Hbond substituents is 1. The van der Waals surface area contributed by atoms with Crippen LogP contribution >= 0.6 is 12.2 Å². The summed E-state index contributed by atoms with van der Waals surface area (Å²) in [5, 5.41) is 23.1. The number of nitrogens with one attached hydrogen (secondary N) is 2. The van der Waals surface area contributed by atoms with E-state index in [1.165, 1.54) is 0 Å². The highest BCUT2D eigenvalue weighted by molar-refractivity contribution is 7.90. The van der Waals surface area contributed by atoms with Gasteiger partial charge in [0.1, 0.15) is 14.8 Å². The third kappa shape index (κ3) is 8.26. The molecule has 0 fully saturated rings. The summed E-state index contributed by atoms with van der Waals surface area (Å²) < 4.78 is 65.3. The van der Waals surface area contributed by atoms with E-state index in [1.54, 1.807) is 6.07 Å². The number of carbonyl (C=O) groups excluding carboxylic acids is 2. The lowest BCUT2D eigenvalue weighted by atomic mass is 9.93. The largest absolute Gasteiger partial charge is 0.573 e. The van der Waals surface area contributed by atoms with Gasteiger partial charge in [-0.15, -0.1) is 13.2 Å². The zero-order chi connectivity index (χ0) is 24.0. The molecule has 0 saturated heterocycles. The summed E-state index contributed by atoms with van der Waals surface area (Å²) in [6, 6.07) is 2.09. The molecular weight excluding hydrogens is 465 g/mol. The monoisotopic (exact) mass is 482 g/mol. The molecule has 3 amide bonds. The Labute approximate surface area is 180 Å². The van der Waals surface area contributed by atoms with Gasteiger partial charge in [-0.2, -0.15) is 5.26 Å². The van der Waals surface area contributed by atoms with Crippen molar-refractivity contribution >= 4 is 39.0 Å². The first kappa shape index (κ1) is 25.9. The van der Waals surface area contributed by atoms with Gasteiger partial charge in [-0.3, -0.25) is 10.1 Å². The van der Waals surface area contributed by atoms with Crippen molar-refractivity contribution in [2.45, 2.75) is 18.7 Å². The molecule has 170 valence electrons. The number of sulfone groups is 1. The molecule has 0 heterocycles. The van der Waals surface area contributed by atoms with Crippen molar-refractivity contribution in [3.05, 3.63) is 23.3 Å². The third-order valence-corrected chi connectivity index (χ3v) is 4.80. The predicted molar refractivity (Wildman–Crippen MR) is 105 cm³/mol. The Hall–Kier alpha value is -3.12. The van der Waals surface area contributed by atoms with Crippen molar-refractivity contribution < 1.29 is 41.0 Å². The lowest BCUT2D eigenvalue weighted by molar-refractivity contribution is -0.275. The molecule has 1 aromatic carbocycles. The number of nitrogens with two attached hydrogens (primary N) is 1. The average Bonchev–Trinajstić information content (AvgIpc) is 2.59. The average molecular weight is 482 g/mol. The number of ether oxygens (including phenoxy) is 1. The van der Waals surface area contributed by atoms with Crippen molar-refractivity contribution in [1.29, 1.82) is 5.26 Å². The molecule has 31 heavy (non-hydrogen) atoms. The number of primary amides is 1. The van der Waals surface area contributed by atoms with Crippen LogP contribution in [0.1, 0.15) is 23.5 Å². The Bertz CT molecular complexity index is 1020. The van der Waals surface area contributed by atoms with Crippen molar-refractivity contribution in [2.75, 3.05) is 18.6 Å². The van der Waals surface area contributed by atoms with Gasteiger partial charge in [-0.25, -0.2) is 13.2 Å². The van der Waals surface area contributed by atoms with Crippen LogP contribution < -0.4 is 21.1 Å². The van der Waals surface area contributed by atoms with Crippen molar-refractivity contribution in [3.8, 4) is 17.6 Å². The summed E-state index contributed by atoms with van der Waals surface area (Å²) in [5.74, 6) is -5.61. The Morgan fingerprint density at radius 1 is 1.39 bits per heavy atom. The van der Waals surface area contributed by atoms with Gasteiger partial charge in [0.25, 0.3) is 0 Å². The molecule has 0 bridgehead atoms. The number of carbonyl (C=O) groups is 2. The van der Waals surface area contributed by atoms with Crippen LogP contribution in [0.4, 0.5) is 18.0 Å². The van der Waals surface area contributed by atoms with Gasteiger partial charge in [0.15, 0.2) is 11.5 Å². The molecule has 0 radical (unpaired) electrons. The number of hydrogen-bond donors (Lipinski definition) is 4. The second-order valence-corrected chi connectivity index (χ2v) is 8.68. The zero-order valence-electron chi connectivity index (χ0n) is 15.8. The van der Waals surface area contributed by atoms with Crippen LogP contribution in [0.15, 0.2) is 12.1 Å². The number of phenols is 1. The Morgan fingerprint density at radius 3 is 2.48 bits per heavy atom. The number of rotatable bonds is 8. The van der Waals surface area contributed by atoms with E-state index >= 15 is 0 Å². The number of halogens is 3. The van der Waals surface area contributed by atoms with Crippen LogP contribution in [0.5, 0.6) is 11.5 Å². The van der Waals surface area contributed by atoms with Gasteiger partial charge in [0.2, 0.25) is 5.91 Å². The van der Waals surface area contributed by atoms with E-state index in [0.717, 1.165) is 12.3 Å². The number of alkyl halides is 3. The maximum atomic E-state index is 12.6. The SMILES string of the molecule is CS(=O)(=O)CC(C(=O)NCCC#N)c1ccc(OC(F)(F)F)c(O)c1C(=S)NC(N)=O. The van der Waals surface area contributed by atoms with E-state index in [0.29, 0.717) is 6.07 Å². The number of urea groups is 1. The third-order valence-electron chi connectivity index (χ3n) is 3.56. The van der Waals surface area contributed by atoms with Gasteiger partial charge >= 0.3 is 12.4 Å². The second kappa shape index (κ2) is 10.3. The number of benzene rings is 1. The molecule has 0 aliphatic rings. The summed E-state index contributed by atoms with van der Waals surface area (Å²) >= 11 is 4.89. The van der Waals surface area contributed by atoms with E-state index in [4.69, 9.17) is 23.2 Å². The lowest BCUT2D eigenvalue weighted by Gasteiger charge is -2.22. The van der Waals surface area contributed by atoms with Crippen LogP contribution in [0, 0.1) is 11.3 Å². The second-order valence-electron chi connectivity index (χ2n) is 6.09. The van der Waals surface area contributed by atoms with Gasteiger partial charge in [-0.05, 0) is 11.6 Å². The Morgan fingerprint density at radius 2 is 2.00 bits per heavy atom. The number of amides is 3. The first-order valence-corrected chi connectivity index (χ1v) is 10.7. The Kier molecular flexibility index (Phi) is 8.58. The van der Waals surface area contributed by atoms with Crippen LogP contribution in [-0.4, -0.2) is 55.4 Å². The summed E-state index contributed by atoms with van der Waals surface area (Å²) in [6.45, 7) is -0.143. The number of thiocarbonyl (C=S) groups is 1. The topological polar surface area (TPSA) is 172 Å². The van der Waals surface area contributed by atoms with E-state index in [-0.39, 0.29) is 18.5 Å². The van der Waals surface area contributed by atoms with Crippen molar-refractivity contribution in [2.24, 2.45) is 5.73 Å². The van der Waals surface area contributed by atoms with Crippen LogP contribution in [-0.2, 0) is 14.6 Å². The number of nitrogens with zero attached hydrogens (tertiary/aromatic N) is 1. The maximum absolute atomic E-state index is 12.6. The summed E-state index contributed by atoms with van der Waals surface area (Å²) in [5.41, 5.74) is 3.99. The zero-order valence-corrected chi connectivity index (χ0v) is 17.4. The van der Waals surface area contributed by atoms with E-state index in [2.05, 4.69) is 10.1 Å². The van der Waals surface area contributed by atoms with Crippen LogP contribution in [0.2, 0.25) is 0 Å². The summed E-state index contributed by atoms with van der Waals surface area (Å²) in [7, 11) is -3.84. The van der Waals surface area contributed by atoms with Crippen LogP contribution in [0.25, 0.3) is 0 Å². The number of aromatic hydroxyl groups is 1. The summed E-state index contributed by atoms with van der Waals surface area (Å²) in [4.78, 5) is 23.1. The van der Waals surface area contributed by atoms with E-state index in [9.17, 15) is 36.3 Å².